The van der Waals surface area contributed by atoms with E-state index in [9.17, 15) is 4.79 Å². The first-order chi connectivity index (χ1) is 17.4. The lowest BCUT2D eigenvalue weighted by molar-refractivity contribution is 0.385. The number of fused-ring (bicyclic) bond motifs is 1. The van der Waals surface area contributed by atoms with Gasteiger partial charge >= 0.3 is 0 Å². The normalized spacial score (nSPS) is 11.4. The number of hydrogen-bond donors (Lipinski definition) is 0. The second kappa shape index (κ2) is 9.97. The van der Waals surface area contributed by atoms with Crippen LogP contribution in [0.2, 0.25) is 5.02 Å². The maximum absolute atomic E-state index is 13.7. The summed E-state index contributed by atoms with van der Waals surface area (Å²) in [6.45, 7) is 1.85. The lowest BCUT2D eigenvalue weighted by Crippen LogP contribution is -2.22. The first-order valence-electron chi connectivity index (χ1n) is 11.6. The third-order valence-corrected chi connectivity index (χ3v) is 6.30. The number of ether oxygens (including phenoxy) is 1. The molecule has 0 unspecified atom stereocenters. The molecule has 0 radical (unpaired) electrons. The van der Waals surface area contributed by atoms with Crippen molar-refractivity contribution in [2.24, 2.45) is 0 Å². The SMILES string of the molecule is COc1ccc2nc(-c3ccc(-c4cccn4CCN(C)C)cc3)n(-c3ccc(Cl)cn3)c(=O)c2c1. The second-order valence-corrected chi connectivity index (χ2v) is 9.20. The molecule has 3 heterocycles. The fraction of sp³-hybridized carbons (Fsp3) is 0.179. The summed E-state index contributed by atoms with van der Waals surface area (Å²) in [4.78, 5) is 25.1. The zero-order chi connectivity index (χ0) is 25.2. The first kappa shape index (κ1) is 23.8. The van der Waals surface area contributed by atoms with E-state index < -0.39 is 0 Å². The Bertz CT molecular complexity index is 1570. The van der Waals surface area contributed by atoms with Gasteiger partial charge in [-0.1, -0.05) is 35.9 Å². The first-order valence-corrected chi connectivity index (χ1v) is 12.0. The predicted molar refractivity (Wildman–Crippen MR) is 144 cm³/mol. The van der Waals surface area contributed by atoms with E-state index >= 15 is 0 Å². The highest BCUT2D eigenvalue weighted by Crippen LogP contribution is 2.27. The van der Waals surface area contributed by atoms with Crippen LogP contribution in [0.3, 0.4) is 0 Å². The van der Waals surface area contributed by atoms with E-state index in [0.717, 1.165) is 29.9 Å². The van der Waals surface area contributed by atoms with Gasteiger partial charge in [0.15, 0.2) is 0 Å². The Morgan fingerprint density at radius 1 is 1.00 bits per heavy atom. The molecule has 0 aliphatic heterocycles. The highest BCUT2D eigenvalue weighted by molar-refractivity contribution is 6.30. The summed E-state index contributed by atoms with van der Waals surface area (Å²) in [5.41, 5.74) is 3.38. The van der Waals surface area contributed by atoms with E-state index in [1.807, 2.05) is 12.1 Å². The van der Waals surface area contributed by atoms with Crippen molar-refractivity contribution in [1.29, 1.82) is 0 Å². The predicted octanol–water partition coefficient (Wildman–Crippen LogP) is 5.14. The van der Waals surface area contributed by atoms with Gasteiger partial charge < -0.3 is 14.2 Å². The van der Waals surface area contributed by atoms with Crippen LogP contribution in [-0.2, 0) is 6.54 Å². The minimum absolute atomic E-state index is 0.231. The summed E-state index contributed by atoms with van der Waals surface area (Å²) >= 11 is 6.06. The number of hydrogen-bond acceptors (Lipinski definition) is 5. The third kappa shape index (κ3) is 4.63. The van der Waals surface area contributed by atoms with E-state index in [-0.39, 0.29) is 5.56 Å². The van der Waals surface area contributed by atoms with Gasteiger partial charge in [-0.3, -0.25) is 4.79 Å². The van der Waals surface area contributed by atoms with Crippen LogP contribution in [0.25, 0.3) is 39.4 Å². The lowest BCUT2D eigenvalue weighted by Gasteiger charge is -2.15. The van der Waals surface area contributed by atoms with Crippen molar-refractivity contribution in [2.75, 3.05) is 27.7 Å². The molecule has 0 N–H and O–H groups in total. The zero-order valence-electron chi connectivity index (χ0n) is 20.4. The van der Waals surface area contributed by atoms with Crippen LogP contribution in [-0.4, -0.2) is 51.8 Å². The molecule has 0 saturated heterocycles. The highest BCUT2D eigenvalue weighted by Gasteiger charge is 2.17. The fourth-order valence-electron chi connectivity index (χ4n) is 4.17. The van der Waals surface area contributed by atoms with Gasteiger partial charge in [-0.25, -0.2) is 14.5 Å². The highest BCUT2D eigenvalue weighted by atomic mass is 35.5. The van der Waals surface area contributed by atoms with Crippen molar-refractivity contribution in [3.63, 3.8) is 0 Å². The standard InChI is InChI=1S/C28H26ClN5O2/c1-32(2)15-16-33-14-4-5-25(33)19-6-8-20(9-7-19)27-31-24-12-11-22(36-3)17-23(24)28(35)34(27)26-13-10-21(29)18-30-26/h4-14,17-18H,15-16H2,1-3H3. The van der Waals surface area contributed by atoms with Gasteiger partial charge in [0.1, 0.15) is 17.4 Å². The summed E-state index contributed by atoms with van der Waals surface area (Å²) in [6, 6.07) is 21.0. The molecule has 8 heteroatoms. The monoisotopic (exact) mass is 499 g/mol. The minimum Gasteiger partial charge on any atom is -0.497 e. The quantitative estimate of drug-likeness (QED) is 0.310. The van der Waals surface area contributed by atoms with E-state index in [2.05, 4.69) is 59.0 Å². The smallest absolute Gasteiger partial charge is 0.267 e. The number of aromatic nitrogens is 4. The molecule has 0 saturated carbocycles. The van der Waals surface area contributed by atoms with Crippen LogP contribution < -0.4 is 10.3 Å². The Hall–Kier alpha value is -3.94. The maximum Gasteiger partial charge on any atom is 0.267 e. The molecule has 7 nitrogen and oxygen atoms in total. The zero-order valence-corrected chi connectivity index (χ0v) is 21.1. The van der Waals surface area contributed by atoms with E-state index in [4.69, 9.17) is 21.3 Å². The molecule has 0 spiro atoms. The minimum atomic E-state index is -0.231. The number of pyridine rings is 1. The third-order valence-electron chi connectivity index (χ3n) is 6.07. The van der Waals surface area contributed by atoms with Crippen LogP contribution in [0, 0.1) is 0 Å². The summed E-state index contributed by atoms with van der Waals surface area (Å²) in [5.74, 6) is 1.53. The molecule has 3 aromatic heterocycles. The van der Waals surface area contributed by atoms with Crippen LogP contribution in [0.5, 0.6) is 5.75 Å². The van der Waals surface area contributed by atoms with Gasteiger partial charge in [-0.15, -0.1) is 0 Å². The van der Waals surface area contributed by atoms with Crippen molar-refractivity contribution in [3.8, 4) is 34.2 Å². The molecule has 182 valence electrons. The molecule has 0 fully saturated rings. The van der Waals surface area contributed by atoms with Crippen molar-refractivity contribution in [3.05, 3.63) is 94.5 Å². The van der Waals surface area contributed by atoms with Crippen molar-refractivity contribution >= 4 is 22.5 Å². The number of halogens is 1. The van der Waals surface area contributed by atoms with Gasteiger partial charge in [0, 0.05) is 36.7 Å². The summed E-state index contributed by atoms with van der Waals surface area (Å²) < 4.78 is 9.09. The molecule has 36 heavy (non-hydrogen) atoms. The van der Waals surface area contributed by atoms with Crippen LogP contribution in [0.15, 0.2) is 83.9 Å². The fourth-order valence-corrected chi connectivity index (χ4v) is 4.28. The van der Waals surface area contributed by atoms with E-state index in [1.54, 1.807) is 37.4 Å². The Labute approximate surface area is 214 Å². The summed E-state index contributed by atoms with van der Waals surface area (Å²) in [7, 11) is 5.71. The molecule has 5 aromatic rings. The average Bonchev–Trinajstić information content (AvgIpc) is 3.37. The Morgan fingerprint density at radius 3 is 2.47 bits per heavy atom. The summed E-state index contributed by atoms with van der Waals surface area (Å²) in [6.07, 6.45) is 3.61. The molecule has 0 aliphatic carbocycles. The van der Waals surface area contributed by atoms with Crippen molar-refractivity contribution < 1.29 is 4.74 Å². The van der Waals surface area contributed by atoms with Gasteiger partial charge in [-0.2, -0.15) is 0 Å². The van der Waals surface area contributed by atoms with Gasteiger partial charge in [0.05, 0.1) is 23.0 Å². The van der Waals surface area contributed by atoms with E-state index in [0.29, 0.717) is 33.3 Å². The topological polar surface area (TPSA) is 65.2 Å². The number of nitrogens with zero attached hydrogens (tertiary/aromatic N) is 5. The molecule has 0 aliphatic rings. The molecule has 2 aromatic carbocycles. The van der Waals surface area contributed by atoms with Gasteiger partial charge in [-0.05, 0) is 62.1 Å². The number of benzene rings is 2. The number of rotatable bonds is 7. The molecule has 0 atom stereocenters. The maximum atomic E-state index is 13.7. The molecule has 0 amide bonds. The Balaban J connectivity index is 1.63. The summed E-state index contributed by atoms with van der Waals surface area (Å²) in [5, 5.41) is 0.940. The number of methoxy groups -OCH3 is 1. The van der Waals surface area contributed by atoms with E-state index in [1.165, 1.54) is 10.8 Å². The number of likely N-dealkylation sites (N-methyl/N-ethyl adjacent to an activating group) is 1. The van der Waals surface area contributed by atoms with Crippen molar-refractivity contribution in [1.82, 2.24) is 24.0 Å². The van der Waals surface area contributed by atoms with Gasteiger partial charge in [0.2, 0.25) is 0 Å². The van der Waals surface area contributed by atoms with Crippen LogP contribution >= 0.6 is 11.6 Å². The largest absolute Gasteiger partial charge is 0.497 e. The van der Waals surface area contributed by atoms with Gasteiger partial charge in [0.25, 0.3) is 5.56 Å². The molecular formula is C28H26ClN5O2. The van der Waals surface area contributed by atoms with Crippen LogP contribution in [0.4, 0.5) is 0 Å². The Morgan fingerprint density at radius 2 is 1.78 bits per heavy atom. The molecule has 0 bridgehead atoms. The van der Waals surface area contributed by atoms with Crippen LogP contribution in [0.1, 0.15) is 0 Å². The second-order valence-electron chi connectivity index (χ2n) is 8.76. The molecular weight excluding hydrogens is 474 g/mol. The average molecular weight is 500 g/mol. The Kier molecular flexibility index (Phi) is 6.59. The lowest BCUT2D eigenvalue weighted by atomic mass is 10.1. The van der Waals surface area contributed by atoms with Crippen molar-refractivity contribution in [2.45, 2.75) is 6.54 Å². The molecule has 5 rings (SSSR count).